The zero-order valence-electron chi connectivity index (χ0n) is 10.3. The van der Waals surface area contributed by atoms with Crippen LogP contribution in [0, 0.1) is 0 Å². The van der Waals surface area contributed by atoms with Gasteiger partial charge in [0, 0.05) is 17.7 Å². The first kappa shape index (κ1) is 15.5. The van der Waals surface area contributed by atoms with Gasteiger partial charge in [0.05, 0.1) is 11.0 Å². The molecule has 104 valence electrons. The number of hydrogen-bond donors (Lipinski definition) is 2. The number of nitrogens with zero attached hydrogens (tertiary/aromatic N) is 3. The molecule has 0 aromatic heterocycles. The minimum absolute atomic E-state index is 0.0560. The molecule has 0 spiro atoms. The Labute approximate surface area is 111 Å². The van der Waals surface area contributed by atoms with Crippen molar-refractivity contribution in [1.29, 1.82) is 0 Å². The molecule has 0 saturated heterocycles. The van der Waals surface area contributed by atoms with Crippen molar-refractivity contribution in [2.75, 3.05) is 12.8 Å². The van der Waals surface area contributed by atoms with Crippen molar-refractivity contribution in [3.63, 3.8) is 0 Å². The van der Waals surface area contributed by atoms with E-state index in [1.54, 1.807) is 0 Å². The zero-order chi connectivity index (χ0) is 14.5. The van der Waals surface area contributed by atoms with Crippen molar-refractivity contribution >= 4 is 9.84 Å². The van der Waals surface area contributed by atoms with Crippen LogP contribution in [0.2, 0.25) is 0 Å². The van der Waals surface area contributed by atoms with Crippen LogP contribution < -0.4 is 0 Å². The van der Waals surface area contributed by atoms with Gasteiger partial charge in [-0.1, -0.05) is 17.2 Å². The van der Waals surface area contributed by atoms with E-state index in [0.29, 0.717) is 5.56 Å². The molecular weight excluding hydrogens is 270 g/mol. The Bertz CT molecular complexity index is 581. The second-order valence-corrected chi connectivity index (χ2v) is 6.12. The lowest BCUT2D eigenvalue weighted by Gasteiger charge is -2.17. The van der Waals surface area contributed by atoms with E-state index in [-0.39, 0.29) is 17.9 Å². The van der Waals surface area contributed by atoms with E-state index in [9.17, 15) is 18.6 Å². The predicted octanol–water partition coefficient (Wildman–Crippen LogP) is 1.18. The van der Waals surface area contributed by atoms with Crippen molar-refractivity contribution in [1.82, 2.24) is 0 Å². The van der Waals surface area contributed by atoms with E-state index in [4.69, 9.17) is 5.53 Å². The normalized spacial score (nSPS) is 14.5. The maximum atomic E-state index is 11.4. The quantitative estimate of drug-likeness (QED) is 0.462. The molecule has 2 atom stereocenters. The van der Waals surface area contributed by atoms with Crippen LogP contribution in [-0.4, -0.2) is 37.5 Å². The Kier molecular flexibility index (Phi) is 5.31. The maximum absolute atomic E-state index is 11.4. The van der Waals surface area contributed by atoms with Gasteiger partial charge in [0.15, 0.2) is 9.84 Å². The van der Waals surface area contributed by atoms with Gasteiger partial charge in [0.25, 0.3) is 0 Å². The van der Waals surface area contributed by atoms with Crippen molar-refractivity contribution < 1.29 is 18.6 Å². The number of rotatable bonds is 6. The van der Waals surface area contributed by atoms with Gasteiger partial charge in [-0.15, -0.1) is 0 Å². The molecule has 7 nitrogen and oxygen atoms in total. The number of aliphatic hydroxyl groups is 2. The first-order valence-electron chi connectivity index (χ1n) is 5.53. The molecule has 0 heterocycles. The van der Waals surface area contributed by atoms with E-state index in [1.165, 1.54) is 24.3 Å². The molecule has 0 aliphatic carbocycles. The average molecular weight is 285 g/mol. The molecule has 1 rings (SSSR count). The molecule has 19 heavy (non-hydrogen) atoms. The number of aliphatic hydroxyl groups excluding tert-OH is 2. The number of azide groups is 1. The maximum Gasteiger partial charge on any atom is 0.175 e. The highest BCUT2D eigenvalue weighted by Gasteiger charge is 2.19. The van der Waals surface area contributed by atoms with Gasteiger partial charge in [0.1, 0.15) is 6.10 Å². The summed E-state index contributed by atoms with van der Waals surface area (Å²) in [5.74, 6) is 0. The standard InChI is InChI=1S/C11H15N3O4S/c1-19(17,18)9-4-2-3-8(7-9)11(16)10(15)5-6-13-14-12/h2-4,7,10-11,15-16H,5-6H2,1H3. The van der Waals surface area contributed by atoms with Gasteiger partial charge in [-0.3, -0.25) is 0 Å². The van der Waals surface area contributed by atoms with E-state index < -0.39 is 22.0 Å². The van der Waals surface area contributed by atoms with Crippen molar-refractivity contribution in [3.05, 3.63) is 40.3 Å². The first-order chi connectivity index (χ1) is 8.86. The fourth-order valence-electron chi connectivity index (χ4n) is 1.54. The smallest absolute Gasteiger partial charge is 0.175 e. The Hall–Kier alpha value is -1.60. The first-order valence-corrected chi connectivity index (χ1v) is 7.42. The molecule has 0 bridgehead atoms. The largest absolute Gasteiger partial charge is 0.390 e. The summed E-state index contributed by atoms with van der Waals surface area (Å²) in [7, 11) is -3.36. The van der Waals surface area contributed by atoms with Crippen molar-refractivity contribution in [2.45, 2.75) is 23.5 Å². The van der Waals surface area contributed by atoms with Crippen LogP contribution in [0.5, 0.6) is 0 Å². The monoisotopic (exact) mass is 285 g/mol. The molecule has 1 aromatic rings. The molecule has 0 aliphatic heterocycles. The van der Waals surface area contributed by atoms with Crippen LogP contribution in [0.4, 0.5) is 0 Å². The SMILES string of the molecule is CS(=O)(=O)c1cccc(C(O)C(O)CCN=[N+]=[N-])c1. The molecule has 0 saturated carbocycles. The lowest BCUT2D eigenvalue weighted by atomic mass is 10.0. The Balaban J connectivity index is 2.87. The molecule has 0 fully saturated rings. The van der Waals surface area contributed by atoms with Crippen molar-refractivity contribution in [3.8, 4) is 0 Å². The number of hydrogen-bond acceptors (Lipinski definition) is 5. The summed E-state index contributed by atoms with van der Waals surface area (Å²) in [5.41, 5.74) is 8.41. The van der Waals surface area contributed by atoms with Crippen molar-refractivity contribution in [2.24, 2.45) is 5.11 Å². The summed E-state index contributed by atoms with van der Waals surface area (Å²) in [5, 5.41) is 22.9. The van der Waals surface area contributed by atoms with E-state index in [1.807, 2.05) is 0 Å². The fraction of sp³-hybridized carbons (Fsp3) is 0.455. The fourth-order valence-corrected chi connectivity index (χ4v) is 2.22. The highest BCUT2D eigenvalue weighted by Crippen LogP contribution is 2.22. The zero-order valence-corrected chi connectivity index (χ0v) is 11.2. The molecule has 1 aromatic carbocycles. The lowest BCUT2D eigenvalue weighted by molar-refractivity contribution is 0.0149. The third-order valence-electron chi connectivity index (χ3n) is 2.58. The van der Waals surface area contributed by atoms with Gasteiger partial charge in [-0.2, -0.15) is 0 Å². The molecule has 8 heteroatoms. The van der Waals surface area contributed by atoms with Crippen LogP contribution in [0.1, 0.15) is 18.1 Å². The second-order valence-electron chi connectivity index (χ2n) is 4.10. The van der Waals surface area contributed by atoms with Gasteiger partial charge >= 0.3 is 0 Å². The predicted molar refractivity (Wildman–Crippen MR) is 69.1 cm³/mol. The molecule has 0 aliphatic rings. The van der Waals surface area contributed by atoms with Crippen LogP contribution in [0.25, 0.3) is 10.4 Å². The molecule has 2 N–H and O–H groups in total. The molecular formula is C11H15N3O4S. The van der Waals surface area contributed by atoms with Crippen LogP contribution in [-0.2, 0) is 9.84 Å². The topological polar surface area (TPSA) is 123 Å². The lowest BCUT2D eigenvalue weighted by Crippen LogP contribution is -2.19. The van der Waals surface area contributed by atoms with Crippen LogP contribution in [0.15, 0.2) is 34.3 Å². The summed E-state index contributed by atoms with van der Waals surface area (Å²) < 4.78 is 22.8. The van der Waals surface area contributed by atoms with Crippen LogP contribution in [0.3, 0.4) is 0 Å². The minimum atomic E-state index is -3.36. The van der Waals surface area contributed by atoms with Crippen LogP contribution >= 0.6 is 0 Å². The molecule has 2 unspecified atom stereocenters. The van der Waals surface area contributed by atoms with E-state index in [0.717, 1.165) is 6.26 Å². The Morgan fingerprint density at radius 2 is 2.11 bits per heavy atom. The summed E-state index contributed by atoms with van der Waals surface area (Å²) >= 11 is 0. The summed E-state index contributed by atoms with van der Waals surface area (Å²) in [6.45, 7) is 0.0560. The molecule has 0 radical (unpaired) electrons. The third-order valence-corrected chi connectivity index (χ3v) is 3.69. The number of benzene rings is 1. The highest BCUT2D eigenvalue weighted by molar-refractivity contribution is 7.90. The van der Waals surface area contributed by atoms with E-state index in [2.05, 4.69) is 10.0 Å². The highest BCUT2D eigenvalue weighted by atomic mass is 32.2. The number of sulfone groups is 1. The molecule has 0 amide bonds. The van der Waals surface area contributed by atoms with Gasteiger partial charge in [-0.25, -0.2) is 8.42 Å². The Morgan fingerprint density at radius 3 is 2.68 bits per heavy atom. The van der Waals surface area contributed by atoms with Gasteiger partial charge < -0.3 is 10.2 Å². The third kappa shape index (κ3) is 4.53. The van der Waals surface area contributed by atoms with Gasteiger partial charge in [-0.05, 0) is 29.6 Å². The summed E-state index contributed by atoms with van der Waals surface area (Å²) in [6.07, 6.45) is -1.19. The average Bonchev–Trinajstić information content (AvgIpc) is 2.37. The summed E-state index contributed by atoms with van der Waals surface area (Å²) in [4.78, 5) is 2.61. The Morgan fingerprint density at radius 1 is 1.42 bits per heavy atom. The van der Waals surface area contributed by atoms with Gasteiger partial charge in [0.2, 0.25) is 0 Å². The second kappa shape index (κ2) is 6.53. The summed E-state index contributed by atoms with van der Waals surface area (Å²) in [6, 6.07) is 5.75. The van der Waals surface area contributed by atoms with E-state index >= 15 is 0 Å². The minimum Gasteiger partial charge on any atom is -0.390 e.